The molecule has 76 valence electrons. The first-order valence-electron chi connectivity index (χ1n) is 4.79. The first-order valence-corrected chi connectivity index (χ1v) is 5.20. The van der Waals surface area contributed by atoms with Gasteiger partial charge in [-0.3, -0.25) is 4.98 Å². The van der Waals surface area contributed by atoms with Crippen molar-refractivity contribution in [1.82, 2.24) is 9.97 Å². The number of aryl methyl sites for hydroxylation is 2. The number of nitrogens with zero attached hydrogens (tertiary/aromatic N) is 1. The van der Waals surface area contributed by atoms with Gasteiger partial charge in [-0.2, -0.15) is 0 Å². The summed E-state index contributed by atoms with van der Waals surface area (Å²) in [5.74, 6) is 0. The van der Waals surface area contributed by atoms with Crippen molar-refractivity contribution < 1.29 is 0 Å². The number of aromatic amines is 1. The molecule has 0 saturated carbocycles. The highest BCUT2D eigenvalue weighted by Crippen LogP contribution is 2.21. The van der Waals surface area contributed by atoms with E-state index in [-0.39, 0.29) is 0 Å². The highest BCUT2D eigenvalue weighted by molar-refractivity contribution is 7.71. The fraction of sp³-hybridized carbons (Fsp3) is 0.167. The van der Waals surface area contributed by atoms with Crippen LogP contribution in [0.2, 0.25) is 0 Å². The molecule has 0 atom stereocenters. The van der Waals surface area contributed by atoms with Gasteiger partial charge in [-0.05, 0) is 19.4 Å². The third kappa shape index (κ3) is 2.13. The standard InChI is InChI=1S/C12H12N2S/c1-8-3-4-10(9(2)5-8)11-6-14-12(15)7-13-11/h3-7H,1-2H3,(H,14,15). The number of hydrogen-bond acceptors (Lipinski definition) is 2. The smallest absolute Gasteiger partial charge is 0.121 e. The lowest BCUT2D eigenvalue weighted by atomic mass is 10.0. The molecule has 0 aliphatic carbocycles. The Morgan fingerprint density at radius 3 is 2.67 bits per heavy atom. The third-order valence-electron chi connectivity index (χ3n) is 2.33. The van der Waals surface area contributed by atoms with Gasteiger partial charge < -0.3 is 4.98 Å². The van der Waals surface area contributed by atoms with Crippen LogP contribution >= 0.6 is 12.2 Å². The summed E-state index contributed by atoms with van der Waals surface area (Å²) >= 11 is 4.96. The molecule has 1 aromatic heterocycles. The Hall–Kier alpha value is -1.48. The molecule has 0 amide bonds. The lowest BCUT2D eigenvalue weighted by Gasteiger charge is -2.05. The highest BCUT2D eigenvalue weighted by Gasteiger charge is 2.02. The van der Waals surface area contributed by atoms with Gasteiger partial charge in [-0.25, -0.2) is 0 Å². The van der Waals surface area contributed by atoms with Crippen LogP contribution < -0.4 is 0 Å². The average Bonchev–Trinajstić information content (AvgIpc) is 2.20. The molecular formula is C12H12N2S. The Morgan fingerprint density at radius 2 is 2.07 bits per heavy atom. The van der Waals surface area contributed by atoms with Gasteiger partial charge in [0, 0.05) is 11.8 Å². The third-order valence-corrected chi connectivity index (χ3v) is 2.55. The summed E-state index contributed by atoms with van der Waals surface area (Å²) in [5.41, 5.74) is 4.57. The van der Waals surface area contributed by atoms with Crippen molar-refractivity contribution >= 4 is 12.2 Å². The van der Waals surface area contributed by atoms with Crippen LogP contribution in [-0.2, 0) is 0 Å². The van der Waals surface area contributed by atoms with Crippen LogP contribution in [-0.4, -0.2) is 9.97 Å². The van der Waals surface area contributed by atoms with E-state index in [1.165, 1.54) is 11.1 Å². The van der Waals surface area contributed by atoms with E-state index in [0.29, 0.717) is 4.64 Å². The number of rotatable bonds is 1. The molecule has 15 heavy (non-hydrogen) atoms. The van der Waals surface area contributed by atoms with Crippen molar-refractivity contribution in [3.63, 3.8) is 0 Å². The van der Waals surface area contributed by atoms with Crippen LogP contribution in [0, 0.1) is 18.5 Å². The molecular weight excluding hydrogens is 204 g/mol. The van der Waals surface area contributed by atoms with Crippen molar-refractivity contribution in [2.24, 2.45) is 0 Å². The summed E-state index contributed by atoms with van der Waals surface area (Å²) in [4.78, 5) is 7.30. The van der Waals surface area contributed by atoms with Gasteiger partial charge in [0.15, 0.2) is 0 Å². The Kier molecular flexibility index (Phi) is 2.64. The maximum atomic E-state index is 4.96. The number of benzene rings is 1. The lowest BCUT2D eigenvalue weighted by molar-refractivity contribution is 1.18. The van der Waals surface area contributed by atoms with E-state index in [2.05, 4.69) is 42.0 Å². The van der Waals surface area contributed by atoms with E-state index in [1.54, 1.807) is 6.20 Å². The first kappa shape index (κ1) is 10.1. The molecule has 3 heteroatoms. The molecule has 1 N–H and O–H groups in total. The van der Waals surface area contributed by atoms with Crippen LogP contribution in [0.25, 0.3) is 11.3 Å². The SMILES string of the molecule is Cc1ccc(-c2c[nH]c(=S)cn2)c(C)c1. The van der Waals surface area contributed by atoms with Crippen molar-refractivity contribution in [2.45, 2.75) is 13.8 Å². The minimum Gasteiger partial charge on any atom is -0.350 e. The molecule has 2 nitrogen and oxygen atoms in total. The first-order chi connectivity index (χ1) is 7.16. The largest absolute Gasteiger partial charge is 0.350 e. The maximum Gasteiger partial charge on any atom is 0.121 e. The molecule has 0 saturated heterocycles. The van der Waals surface area contributed by atoms with Crippen LogP contribution in [0.4, 0.5) is 0 Å². The Balaban J connectivity index is 2.54. The summed E-state index contributed by atoms with van der Waals surface area (Å²) in [5, 5.41) is 0. The van der Waals surface area contributed by atoms with E-state index >= 15 is 0 Å². The van der Waals surface area contributed by atoms with Crippen molar-refractivity contribution in [2.75, 3.05) is 0 Å². The van der Waals surface area contributed by atoms with E-state index in [9.17, 15) is 0 Å². The molecule has 2 rings (SSSR count). The fourth-order valence-corrected chi connectivity index (χ4v) is 1.70. The van der Waals surface area contributed by atoms with Gasteiger partial charge in [0.25, 0.3) is 0 Å². The van der Waals surface area contributed by atoms with Crippen molar-refractivity contribution in [1.29, 1.82) is 0 Å². The molecule has 0 aliphatic rings. The Morgan fingerprint density at radius 1 is 1.27 bits per heavy atom. The van der Waals surface area contributed by atoms with E-state index < -0.39 is 0 Å². The average molecular weight is 216 g/mol. The maximum absolute atomic E-state index is 4.96. The zero-order valence-electron chi connectivity index (χ0n) is 8.74. The second-order valence-electron chi connectivity index (χ2n) is 3.61. The van der Waals surface area contributed by atoms with Crippen LogP contribution in [0.5, 0.6) is 0 Å². The molecule has 0 bridgehead atoms. The number of hydrogen-bond donors (Lipinski definition) is 1. The van der Waals surface area contributed by atoms with Gasteiger partial charge in [-0.1, -0.05) is 36.0 Å². The van der Waals surface area contributed by atoms with Gasteiger partial charge in [0.05, 0.1) is 11.9 Å². The minimum absolute atomic E-state index is 0.656. The molecule has 0 aliphatic heterocycles. The normalized spacial score (nSPS) is 10.3. The van der Waals surface area contributed by atoms with Gasteiger partial charge >= 0.3 is 0 Å². The summed E-state index contributed by atoms with van der Waals surface area (Å²) in [6, 6.07) is 6.33. The Labute approximate surface area is 94.0 Å². The van der Waals surface area contributed by atoms with Gasteiger partial charge in [0.1, 0.15) is 4.64 Å². The van der Waals surface area contributed by atoms with E-state index in [0.717, 1.165) is 11.3 Å². The molecule has 1 aromatic carbocycles. The predicted octanol–water partition coefficient (Wildman–Crippen LogP) is 3.42. The monoisotopic (exact) mass is 216 g/mol. The molecule has 0 fully saturated rings. The molecule has 2 aromatic rings. The van der Waals surface area contributed by atoms with Crippen LogP contribution in [0.3, 0.4) is 0 Å². The number of nitrogens with one attached hydrogen (secondary N) is 1. The molecule has 1 heterocycles. The van der Waals surface area contributed by atoms with E-state index in [4.69, 9.17) is 12.2 Å². The lowest BCUT2D eigenvalue weighted by Crippen LogP contribution is -1.89. The van der Waals surface area contributed by atoms with Crippen LogP contribution in [0.1, 0.15) is 11.1 Å². The van der Waals surface area contributed by atoms with Gasteiger partial charge in [-0.15, -0.1) is 0 Å². The van der Waals surface area contributed by atoms with Crippen molar-refractivity contribution in [3.05, 3.63) is 46.4 Å². The van der Waals surface area contributed by atoms with Gasteiger partial charge in [0.2, 0.25) is 0 Å². The summed E-state index contributed by atoms with van der Waals surface area (Å²) in [7, 11) is 0. The summed E-state index contributed by atoms with van der Waals surface area (Å²) in [6.07, 6.45) is 3.52. The van der Waals surface area contributed by atoms with E-state index in [1.807, 2.05) is 6.20 Å². The van der Waals surface area contributed by atoms with Crippen molar-refractivity contribution in [3.8, 4) is 11.3 Å². The topological polar surface area (TPSA) is 28.7 Å². The zero-order valence-corrected chi connectivity index (χ0v) is 9.56. The minimum atomic E-state index is 0.656. The second-order valence-corrected chi connectivity index (χ2v) is 4.05. The fourth-order valence-electron chi connectivity index (χ4n) is 1.59. The summed E-state index contributed by atoms with van der Waals surface area (Å²) < 4.78 is 0.656. The number of H-pyrrole nitrogens is 1. The Bertz CT molecular complexity index is 523. The second kappa shape index (κ2) is 3.95. The number of aromatic nitrogens is 2. The molecule has 0 unspecified atom stereocenters. The molecule has 0 spiro atoms. The zero-order chi connectivity index (χ0) is 10.8. The quantitative estimate of drug-likeness (QED) is 0.740. The predicted molar refractivity (Wildman–Crippen MR) is 64.3 cm³/mol. The molecule has 0 radical (unpaired) electrons. The summed E-state index contributed by atoms with van der Waals surface area (Å²) in [6.45, 7) is 4.17. The van der Waals surface area contributed by atoms with Crippen LogP contribution in [0.15, 0.2) is 30.6 Å². The highest BCUT2D eigenvalue weighted by atomic mass is 32.1.